The van der Waals surface area contributed by atoms with Crippen molar-refractivity contribution in [3.05, 3.63) is 59.7 Å². The molecular formula is C24H20N4O2. The summed E-state index contributed by atoms with van der Waals surface area (Å²) in [7, 11) is 1.56. The molecule has 2 aliphatic heterocycles. The molecule has 1 fully saturated rings. The molecular weight excluding hydrogens is 376 g/mol. The van der Waals surface area contributed by atoms with Gasteiger partial charge in [0.25, 0.3) is 0 Å². The molecule has 2 heterocycles. The van der Waals surface area contributed by atoms with Crippen LogP contribution in [0.25, 0.3) is 0 Å². The van der Waals surface area contributed by atoms with Gasteiger partial charge < -0.3 is 9.47 Å². The molecule has 30 heavy (non-hydrogen) atoms. The van der Waals surface area contributed by atoms with Gasteiger partial charge in [-0.2, -0.15) is 21.0 Å². The third-order valence-corrected chi connectivity index (χ3v) is 6.90. The smallest absolute Gasteiger partial charge is 0.186 e. The van der Waals surface area contributed by atoms with Crippen molar-refractivity contribution >= 4 is 0 Å². The van der Waals surface area contributed by atoms with E-state index in [1.165, 1.54) is 0 Å². The zero-order chi connectivity index (χ0) is 21.8. The minimum atomic E-state index is -1.97. The Balaban J connectivity index is 2.13. The van der Waals surface area contributed by atoms with Crippen LogP contribution in [-0.4, -0.2) is 24.4 Å². The number of benzene rings is 1. The summed E-state index contributed by atoms with van der Waals surface area (Å²) in [6.45, 7) is 3.69. The number of fused-ring (bicyclic) bond motifs is 4. The summed E-state index contributed by atoms with van der Waals surface area (Å²) in [5.74, 6) is -1.61. The van der Waals surface area contributed by atoms with Gasteiger partial charge in [-0.15, -0.1) is 0 Å². The molecule has 6 heteroatoms. The lowest BCUT2D eigenvalue weighted by Crippen LogP contribution is -2.64. The monoisotopic (exact) mass is 396 g/mol. The fraction of sp³-hybridized carbons (Fsp3) is 0.417. The topological polar surface area (TPSA) is 114 Å². The van der Waals surface area contributed by atoms with Gasteiger partial charge in [0.05, 0.1) is 29.9 Å². The predicted molar refractivity (Wildman–Crippen MR) is 106 cm³/mol. The van der Waals surface area contributed by atoms with Crippen molar-refractivity contribution < 1.29 is 9.47 Å². The van der Waals surface area contributed by atoms with Crippen molar-refractivity contribution in [1.82, 2.24) is 0 Å². The predicted octanol–water partition coefficient (Wildman–Crippen LogP) is 3.53. The zero-order valence-corrected chi connectivity index (χ0v) is 17.0. The van der Waals surface area contributed by atoms with E-state index in [0.717, 1.165) is 5.57 Å². The van der Waals surface area contributed by atoms with Gasteiger partial charge in [0.2, 0.25) is 0 Å². The highest BCUT2D eigenvalue weighted by atomic mass is 16.6. The summed E-state index contributed by atoms with van der Waals surface area (Å²) in [6.07, 6.45) is 5.02. The highest BCUT2D eigenvalue weighted by molar-refractivity contribution is 5.55. The molecule has 6 nitrogen and oxygen atoms in total. The molecule has 1 saturated heterocycles. The van der Waals surface area contributed by atoms with Crippen LogP contribution in [0.15, 0.2) is 54.1 Å². The molecule has 1 aliphatic carbocycles. The average molecular weight is 396 g/mol. The van der Waals surface area contributed by atoms with Gasteiger partial charge in [0.15, 0.2) is 10.8 Å². The average Bonchev–Trinajstić information content (AvgIpc) is 3.05. The van der Waals surface area contributed by atoms with Crippen molar-refractivity contribution in [2.24, 2.45) is 16.7 Å². The van der Waals surface area contributed by atoms with E-state index < -0.39 is 40.0 Å². The van der Waals surface area contributed by atoms with Gasteiger partial charge >= 0.3 is 0 Å². The second kappa shape index (κ2) is 6.29. The minimum absolute atomic E-state index is 0.558. The molecule has 0 radical (unpaired) electrons. The largest absolute Gasteiger partial charge is 0.374 e. The molecule has 4 rings (SSSR count). The molecule has 0 unspecified atom stereocenters. The molecule has 1 aromatic carbocycles. The Labute approximate surface area is 175 Å². The summed E-state index contributed by atoms with van der Waals surface area (Å²) in [4.78, 5) is 0. The summed E-state index contributed by atoms with van der Waals surface area (Å²) in [5, 5.41) is 41.4. The van der Waals surface area contributed by atoms with Crippen LogP contribution in [-0.2, 0) is 9.47 Å². The summed E-state index contributed by atoms with van der Waals surface area (Å²) in [6, 6.07) is 17.5. The molecule has 0 amide bonds. The number of nitriles is 4. The summed E-state index contributed by atoms with van der Waals surface area (Å²) >= 11 is 0. The molecule has 2 bridgehead atoms. The first-order valence-corrected chi connectivity index (χ1v) is 9.66. The third kappa shape index (κ3) is 2.10. The van der Waals surface area contributed by atoms with E-state index in [-0.39, 0.29) is 0 Å². The molecule has 5 atom stereocenters. The lowest BCUT2D eigenvalue weighted by molar-refractivity contribution is -0.189. The second-order valence-electron chi connectivity index (χ2n) is 8.47. The van der Waals surface area contributed by atoms with Crippen LogP contribution in [0.2, 0.25) is 0 Å². The first kappa shape index (κ1) is 19.9. The Morgan fingerprint density at radius 1 is 0.867 bits per heavy atom. The molecule has 0 spiro atoms. The van der Waals surface area contributed by atoms with Crippen LogP contribution in [0.5, 0.6) is 0 Å². The van der Waals surface area contributed by atoms with E-state index in [1.54, 1.807) is 14.0 Å². The molecule has 0 aromatic heterocycles. The molecule has 3 aliphatic rings. The van der Waals surface area contributed by atoms with E-state index in [4.69, 9.17) is 9.47 Å². The van der Waals surface area contributed by atoms with Crippen LogP contribution >= 0.6 is 0 Å². The van der Waals surface area contributed by atoms with Crippen molar-refractivity contribution in [3.8, 4) is 24.3 Å². The van der Waals surface area contributed by atoms with Crippen molar-refractivity contribution in [1.29, 1.82) is 21.0 Å². The molecule has 1 aromatic rings. The van der Waals surface area contributed by atoms with E-state index in [1.807, 2.05) is 55.5 Å². The SMILES string of the molecule is CO[C@@H]1C2=C[C@@H](c3ccccc3)C(C#N)(C#N)C(C#N)(C#N)[C@H]2[C@]2(C)C=C[C@@]1(C)O2. The highest BCUT2D eigenvalue weighted by Crippen LogP contribution is 2.66. The van der Waals surface area contributed by atoms with E-state index in [0.29, 0.717) is 5.56 Å². The van der Waals surface area contributed by atoms with Gasteiger partial charge in [-0.1, -0.05) is 48.6 Å². The van der Waals surface area contributed by atoms with E-state index in [9.17, 15) is 21.0 Å². The van der Waals surface area contributed by atoms with Gasteiger partial charge in [-0.05, 0) is 25.0 Å². The summed E-state index contributed by atoms with van der Waals surface area (Å²) in [5.41, 5.74) is -4.29. The first-order valence-electron chi connectivity index (χ1n) is 9.66. The first-order chi connectivity index (χ1) is 14.3. The number of rotatable bonds is 2. The lowest BCUT2D eigenvalue weighted by atomic mass is 9.45. The Morgan fingerprint density at radius 2 is 1.43 bits per heavy atom. The number of methoxy groups -OCH3 is 1. The van der Waals surface area contributed by atoms with Gasteiger partial charge in [0.1, 0.15) is 11.7 Å². The highest BCUT2D eigenvalue weighted by Gasteiger charge is 2.73. The number of nitrogens with zero attached hydrogens (tertiary/aromatic N) is 4. The maximum atomic E-state index is 10.4. The Hall–Kier alpha value is -3.42. The number of allylic oxidation sites excluding steroid dienone is 1. The standard InChI is InChI=1S/C24H20N4O2/c1-21-9-10-22(2,30-21)20(29-3)17-11-18(16-7-5-4-6-8-16)23(12-25,13-26)24(14-27,15-28)19(17)21/h4-11,18-20H,1-3H3/t18-,19+,20+,21-,22+/m0/s1. The van der Waals surface area contributed by atoms with Crippen molar-refractivity contribution in [3.63, 3.8) is 0 Å². The quantitative estimate of drug-likeness (QED) is 0.707. The number of ether oxygens (including phenoxy) is 2. The Kier molecular flexibility index (Phi) is 4.17. The maximum Gasteiger partial charge on any atom is 0.186 e. The number of hydrogen-bond acceptors (Lipinski definition) is 6. The van der Waals surface area contributed by atoms with Gasteiger partial charge in [-0.25, -0.2) is 0 Å². The zero-order valence-electron chi connectivity index (χ0n) is 17.0. The van der Waals surface area contributed by atoms with Gasteiger partial charge in [0, 0.05) is 18.9 Å². The van der Waals surface area contributed by atoms with Crippen LogP contribution in [0.3, 0.4) is 0 Å². The molecule has 0 saturated carbocycles. The number of hydrogen-bond donors (Lipinski definition) is 0. The summed E-state index contributed by atoms with van der Waals surface area (Å²) < 4.78 is 12.1. The van der Waals surface area contributed by atoms with Crippen molar-refractivity contribution in [2.45, 2.75) is 37.1 Å². The fourth-order valence-corrected chi connectivity index (χ4v) is 5.68. The van der Waals surface area contributed by atoms with E-state index >= 15 is 0 Å². The Morgan fingerprint density at radius 3 is 1.97 bits per heavy atom. The van der Waals surface area contributed by atoms with Gasteiger partial charge in [-0.3, -0.25) is 0 Å². The fourth-order valence-electron chi connectivity index (χ4n) is 5.68. The Bertz CT molecular complexity index is 1100. The second-order valence-corrected chi connectivity index (χ2v) is 8.47. The molecule has 0 N–H and O–H groups in total. The minimum Gasteiger partial charge on any atom is -0.374 e. The van der Waals surface area contributed by atoms with Crippen LogP contribution in [0, 0.1) is 62.1 Å². The van der Waals surface area contributed by atoms with Crippen LogP contribution in [0.1, 0.15) is 25.3 Å². The van der Waals surface area contributed by atoms with Crippen LogP contribution in [0.4, 0.5) is 0 Å². The van der Waals surface area contributed by atoms with Crippen molar-refractivity contribution in [2.75, 3.05) is 7.11 Å². The van der Waals surface area contributed by atoms with E-state index in [2.05, 4.69) is 24.3 Å². The normalized spacial score (nSPS) is 36.9. The third-order valence-electron chi connectivity index (χ3n) is 6.90. The maximum absolute atomic E-state index is 10.4. The van der Waals surface area contributed by atoms with Crippen LogP contribution < -0.4 is 0 Å². The lowest BCUT2D eigenvalue weighted by Gasteiger charge is -2.56. The molecule has 148 valence electrons.